The Morgan fingerprint density at radius 1 is 1.29 bits per heavy atom. The van der Waals surface area contributed by atoms with Gasteiger partial charge in [0.25, 0.3) is 5.78 Å². The number of ketones is 2. The van der Waals surface area contributed by atoms with Crippen molar-refractivity contribution in [3.05, 3.63) is 41.4 Å². The van der Waals surface area contributed by atoms with Crippen LogP contribution in [0.3, 0.4) is 0 Å². The van der Waals surface area contributed by atoms with E-state index in [9.17, 15) is 14.4 Å². The number of hydrogen-bond acceptors (Lipinski definition) is 5. The molecule has 0 unspecified atom stereocenters. The first kappa shape index (κ1) is 16.4. The summed E-state index contributed by atoms with van der Waals surface area (Å²) in [7, 11) is 0. The van der Waals surface area contributed by atoms with Crippen LogP contribution in [0.1, 0.15) is 18.4 Å². The van der Waals surface area contributed by atoms with Crippen LogP contribution < -0.4 is 5.73 Å². The van der Waals surface area contributed by atoms with E-state index in [1.165, 1.54) is 0 Å². The van der Waals surface area contributed by atoms with Crippen LogP contribution in [0, 0.1) is 0 Å². The second-order valence-electron chi connectivity index (χ2n) is 4.28. The minimum Gasteiger partial charge on any atom is -0.455 e. The smallest absolute Gasteiger partial charge is 0.376 e. The average molecular weight is 289 g/mol. The third-order valence-corrected chi connectivity index (χ3v) is 2.65. The number of nitrogens with two attached hydrogens (primary N) is 1. The van der Waals surface area contributed by atoms with Crippen molar-refractivity contribution in [2.75, 3.05) is 0 Å². The maximum absolute atomic E-state index is 11.6. The lowest BCUT2D eigenvalue weighted by atomic mass is 10.1. The van der Waals surface area contributed by atoms with Gasteiger partial charge in [-0.15, -0.1) is 0 Å². The van der Waals surface area contributed by atoms with Gasteiger partial charge in [-0.3, -0.25) is 9.59 Å². The summed E-state index contributed by atoms with van der Waals surface area (Å²) >= 11 is 0. The number of ether oxygens (including phenoxy) is 1. The Balaban J connectivity index is 2.41. The Bertz CT molecular complexity index is 565. The van der Waals surface area contributed by atoms with Gasteiger partial charge in [-0.1, -0.05) is 30.3 Å². The summed E-state index contributed by atoms with van der Waals surface area (Å²) in [4.78, 5) is 36.8. The molecular weight excluding hydrogens is 274 g/mol. The molecule has 0 aromatic heterocycles. The van der Waals surface area contributed by atoms with Gasteiger partial charge in [0.15, 0.2) is 0 Å². The lowest BCUT2D eigenvalue weighted by Gasteiger charge is -2.09. The molecule has 0 bridgehead atoms. The quantitative estimate of drug-likeness (QED) is 0.242. The first-order chi connectivity index (χ1) is 10.0. The molecule has 7 nitrogen and oxygen atoms in total. The van der Waals surface area contributed by atoms with Crippen molar-refractivity contribution < 1.29 is 23.9 Å². The molecule has 2 N–H and O–H groups in total. The number of esters is 1. The van der Waals surface area contributed by atoms with Gasteiger partial charge in [0, 0.05) is 6.42 Å². The van der Waals surface area contributed by atoms with Crippen molar-refractivity contribution in [1.82, 2.24) is 0 Å². The van der Waals surface area contributed by atoms with E-state index in [1.807, 2.05) is 6.07 Å². The predicted octanol–water partition coefficient (Wildman–Crippen LogP) is 0.276. The number of rotatable bonds is 8. The summed E-state index contributed by atoms with van der Waals surface area (Å²) in [6.07, 6.45) is 0.595. The molecule has 7 heteroatoms. The first-order valence-corrected chi connectivity index (χ1v) is 6.25. The number of carbonyl (C=O) groups excluding carboxylic acids is 3. The predicted molar refractivity (Wildman–Crippen MR) is 73.1 cm³/mol. The van der Waals surface area contributed by atoms with Gasteiger partial charge in [0.2, 0.25) is 5.78 Å². The third-order valence-electron chi connectivity index (χ3n) is 2.65. The highest BCUT2D eigenvalue weighted by atomic mass is 16.5. The van der Waals surface area contributed by atoms with Crippen LogP contribution >= 0.6 is 0 Å². The van der Waals surface area contributed by atoms with Gasteiger partial charge in [0.1, 0.15) is 6.61 Å². The normalized spacial score (nSPS) is 11.1. The van der Waals surface area contributed by atoms with Gasteiger partial charge in [-0.05, 0) is 12.0 Å². The number of Topliss-reactive ketones (excluding diaryl/α,β-unsaturated/α-hetero) is 2. The van der Waals surface area contributed by atoms with E-state index >= 15 is 0 Å². The Morgan fingerprint density at radius 2 is 1.95 bits per heavy atom. The molecule has 21 heavy (non-hydrogen) atoms. The van der Waals surface area contributed by atoms with E-state index in [1.54, 1.807) is 24.3 Å². The standard InChI is InChI=1S/C14H15N3O4/c15-12(7-6-11(18)8-17-16)13(19)14(20)21-9-10-4-2-1-3-5-10/h1-5,8,12H,6-7,9,15H2/t12-/m0/s1. The van der Waals surface area contributed by atoms with Gasteiger partial charge >= 0.3 is 12.2 Å². The van der Waals surface area contributed by atoms with Crippen molar-refractivity contribution in [3.8, 4) is 0 Å². The summed E-state index contributed by atoms with van der Waals surface area (Å²) < 4.78 is 4.85. The Kier molecular flexibility index (Phi) is 6.67. The number of carbonyl (C=O) groups is 3. The molecule has 0 saturated carbocycles. The largest absolute Gasteiger partial charge is 0.455 e. The van der Waals surface area contributed by atoms with Crippen LogP contribution in [-0.2, 0) is 25.7 Å². The van der Waals surface area contributed by atoms with E-state index in [-0.39, 0.29) is 19.4 Å². The van der Waals surface area contributed by atoms with Crippen LogP contribution in [0.2, 0.25) is 0 Å². The molecule has 0 saturated heterocycles. The summed E-state index contributed by atoms with van der Waals surface area (Å²) in [5.41, 5.74) is 14.4. The number of hydrogen-bond donors (Lipinski definition) is 1. The fraction of sp³-hybridized carbons (Fsp3) is 0.286. The summed E-state index contributed by atoms with van der Waals surface area (Å²) in [6.45, 7) is -0.0196. The van der Waals surface area contributed by atoms with Gasteiger partial charge in [-0.2, -0.15) is 4.79 Å². The molecule has 0 amide bonds. The molecular formula is C14H15N3O4. The van der Waals surface area contributed by atoms with E-state index in [2.05, 4.69) is 4.79 Å². The monoisotopic (exact) mass is 289 g/mol. The van der Waals surface area contributed by atoms with Crippen molar-refractivity contribution in [2.45, 2.75) is 25.5 Å². The van der Waals surface area contributed by atoms with E-state index in [0.717, 1.165) is 5.56 Å². The molecule has 0 spiro atoms. The molecule has 110 valence electrons. The van der Waals surface area contributed by atoms with Crippen molar-refractivity contribution in [2.24, 2.45) is 5.73 Å². The van der Waals surface area contributed by atoms with Crippen molar-refractivity contribution in [3.63, 3.8) is 0 Å². The van der Waals surface area contributed by atoms with Crippen molar-refractivity contribution in [1.29, 1.82) is 0 Å². The molecule has 1 atom stereocenters. The average Bonchev–Trinajstić information content (AvgIpc) is 2.50. The minimum absolute atomic E-state index is 0.0196. The topological polar surface area (TPSA) is 123 Å². The second kappa shape index (κ2) is 8.52. The maximum atomic E-state index is 11.6. The number of benzene rings is 1. The minimum atomic E-state index is -1.12. The lowest BCUT2D eigenvalue weighted by molar-refractivity contribution is -0.155. The summed E-state index contributed by atoms with van der Waals surface area (Å²) in [6, 6.07) is 7.77. The Morgan fingerprint density at radius 3 is 2.57 bits per heavy atom. The molecule has 0 aliphatic rings. The molecule has 0 aliphatic heterocycles. The van der Waals surface area contributed by atoms with Crippen LogP contribution in [0.4, 0.5) is 0 Å². The lowest BCUT2D eigenvalue weighted by Crippen LogP contribution is -2.37. The van der Waals surface area contributed by atoms with E-state index in [4.69, 9.17) is 16.0 Å². The van der Waals surface area contributed by atoms with Gasteiger partial charge in [-0.25, -0.2) is 4.79 Å². The molecule has 0 heterocycles. The van der Waals surface area contributed by atoms with Crippen LogP contribution in [0.25, 0.3) is 5.53 Å². The zero-order valence-corrected chi connectivity index (χ0v) is 11.3. The second-order valence-corrected chi connectivity index (χ2v) is 4.28. The van der Waals surface area contributed by atoms with E-state index < -0.39 is 23.6 Å². The molecule has 0 fully saturated rings. The molecule has 1 aromatic rings. The highest BCUT2D eigenvalue weighted by Crippen LogP contribution is 2.03. The molecule has 0 aliphatic carbocycles. The van der Waals surface area contributed by atoms with Crippen LogP contribution in [0.5, 0.6) is 0 Å². The Hall–Kier alpha value is -2.63. The fourth-order valence-corrected chi connectivity index (χ4v) is 1.50. The highest BCUT2D eigenvalue weighted by molar-refractivity contribution is 6.35. The summed E-state index contributed by atoms with van der Waals surface area (Å²) in [5, 5.41) is 0. The van der Waals surface area contributed by atoms with Gasteiger partial charge in [0.05, 0.1) is 6.04 Å². The molecule has 1 aromatic carbocycles. The van der Waals surface area contributed by atoms with Crippen LogP contribution in [-0.4, -0.2) is 34.6 Å². The van der Waals surface area contributed by atoms with Crippen molar-refractivity contribution >= 4 is 23.8 Å². The van der Waals surface area contributed by atoms with Gasteiger partial charge < -0.3 is 16.0 Å². The van der Waals surface area contributed by atoms with Crippen LogP contribution in [0.15, 0.2) is 30.3 Å². The number of nitrogens with zero attached hydrogens (tertiary/aromatic N) is 2. The molecule has 0 radical (unpaired) electrons. The highest BCUT2D eigenvalue weighted by Gasteiger charge is 2.24. The SMILES string of the molecule is [N-]=[N+]=CC(=O)CC[C@H](N)C(=O)C(=O)OCc1ccccc1. The fourth-order valence-electron chi connectivity index (χ4n) is 1.50. The third kappa shape index (κ3) is 5.90. The first-order valence-electron chi connectivity index (χ1n) is 6.25. The van der Waals surface area contributed by atoms with E-state index in [0.29, 0.717) is 6.21 Å². The molecule has 1 rings (SSSR count). The zero-order chi connectivity index (χ0) is 15.7. The maximum Gasteiger partial charge on any atom is 0.376 e. The zero-order valence-electron chi connectivity index (χ0n) is 11.3. The summed E-state index contributed by atoms with van der Waals surface area (Å²) in [5.74, 6) is -2.41. The Labute approximate surface area is 121 Å².